The Morgan fingerprint density at radius 2 is 2.50 bits per heavy atom. The maximum absolute atomic E-state index is 9.66. The number of hydrogen-bond donors (Lipinski definition) is 1. The molecule has 1 atom stereocenters. The molecule has 2 heterocycles. The molecule has 0 aliphatic carbocycles. The number of furan rings is 1. The minimum Gasteiger partial charge on any atom is -0.472 e. The first-order valence-corrected chi connectivity index (χ1v) is 4.35. The Morgan fingerprint density at radius 3 is 3.08 bits per heavy atom. The molecule has 0 saturated carbocycles. The van der Waals surface area contributed by atoms with Crippen molar-refractivity contribution in [2.75, 3.05) is 0 Å². The van der Waals surface area contributed by atoms with Crippen LogP contribution in [0.25, 0.3) is 0 Å². The number of aliphatic hydroxyl groups excluding tert-OH is 1. The molecule has 0 fully saturated rings. The highest BCUT2D eigenvalue weighted by Gasteiger charge is 2.13. The number of rotatable bonds is 2. The van der Waals surface area contributed by atoms with Crippen molar-refractivity contribution in [3.8, 4) is 0 Å². The van der Waals surface area contributed by atoms with E-state index in [1.165, 1.54) is 23.9 Å². The number of thiazole rings is 1. The van der Waals surface area contributed by atoms with Gasteiger partial charge in [-0.15, -0.1) is 11.3 Å². The molecule has 12 heavy (non-hydrogen) atoms. The molecule has 0 bridgehead atoms. The zero-order valence-electron chi connectivity index (χ0n) is 6.18. The van der Waals surface area contributed by atoms with Crippen molar-refractivity contribution >= 4 is 11.3 Å². The molecule has 2 aromatic rings. The van der Waals surface area contributed by atoms with Crippen LogP contribution in [0.2, 0.25) is 0 Å². The predicted molar refractivity (Wildman–Crippen MR) is 44.9 cm³/mol. The van der Waals surface area contributed by atoms with Gasteiger partial charge in [-0.2, -0.15) is 0 Å². The van der Waals surface area contributed by atoms with Gasteiger partial charge in [0, 0.05) is 17.1 Å². The molecule has 0 radical (unpaired) electrons. The van der Waals surface area contributed by atoms with Gasteiger partial charge in [-0.1, -0.05) is 0 Å². The van der Waals surface area contributed by atoms with E-state index in [1.807, 2.05) is 5.38 Å². The topological polar surface area (TPSA) is 46.3 Å². The van der Waals surface area contributed by atoms with Crippen LogP contribution >= 0.6 is 11.3 Å². The minimum atomic E-state index is -0.649. The van der Waals surface area contributed by atoms with Crippen molar-refractivity contribution in [3.05, 3.63) is 40.7 Å². The third-order valence-electron chi connectivity index (χ3n) is 1.54. The van der Waals surface area contributed by atoms with Crippen LogP contribution in [0.4, 0.5) is 0 Å². The van der Waals surface area contributed by atoms with Gasteiger partial charge in [-0.05, 0) is 6.07 Å². The Hall–Kier alpha value is -1.13. The van der Waals surface area contributed by atoms with Crippen LogP contribution in [0.3, 0.4) is 0 Å². The molecule has 0 saturated heterocycles. The second-order valence-corrected chi connectivity index (χ2v) is 3.26. The number of aliphatic hydroxyl groups is 1. The summed E-state index contributed by atoms with van der Waals surface area (Å²) < 4.78 is 4.85. The van der Waals surface area contributed by atoms with Crippen LogP contribution in [0, 0.1) is 0 Å². The van der Waals surface area contributed by atoms with Crippen LogP contribution in [-0.2, 0) is 0 Å². The summed E-state index contributed by atoms with van der Waals surface area (Å²) in [6.07, 6.45) is 4.07. The quantitative estimate of drug-likeness (QED) is 0.768. The van der Waals surface area contributed by atoms with Crippen molar-refractivity contribution < 1.29 is 9.52 Å². The number of aromatic nitrogens is 1. The van der Waals surface area contributed by atoms with E-state index in [0.29, 0.717) is 5.01 Å². The Balaban J connectivity index is 2.27. The summed E-state index contributed by atoms with van der Waals surface area (Å²) in [6, 6.07) is 1.73. The summed E-state index contributed by atoms with van der Waals surface area (Å²) in [4.78, 5) is 4.00. The maximum Gasteiger partial charge on any atom is 0.134 e. The molecule has 0 amide bonds. The zero-order chi connectivity index (χ0) is 8.39. The minimum absolute atomic E-state index is 0.649. The highest BCUT2D eigenvalue weighted by molar-refractivity contribution is 7.09. The zero-order valence-corrected chi connectivity index (χ0v) is 6.99. The first-order chi connectivity index (χ1) is 5.88. The highest BCUT2D eigenvalue weighted by Crippen LogP contribution is 2.23. The lowest BCUT2D eigenvalue weighted by Crippen LogP contribution is -1.96. The van der Waals surface area contributed by atoms with E-state index < -0.39 is 6.10 Å². The Labute approximate surface area is 73.3 Å². The van der Waals surface area contributed by atoms with E-state index in [1.54, 1.807) is 12.3 Å². The van der Waals surface area contributed by atoms with Gasteiger partial charge in [0.05, 0.1) is 12.5 Å². The molecule has 2 aromatic heterocycles. The predicted octanol–water partition coefficient (Wildman–Crippen LogP) is 1.82. The highest BCUT2D eigenvalue weighted by atomic mass is 32.1. The Morgan fingerprint density at radius 1 is 1.58 bits per heavy atom. The summed E-state index contributed by atoms with van der Waals surface area (Å²) in [5.74, 6) is 0. The SMILES string of the molecule is OC(c1ccoc1)c1nccs1. The molecule has 1 N–H and O–H groups in total. The molecule has 4 heteroatoms. The lowest BCUT2D eigenvalue weighted by atomic mass is 10.2. The summed E-state index contributed by atoms with van der Waals surface area (Å²) in [6.45, 7) is 0. The molecule has 2 rings (SSSR count). The van der Waals surface area contributed by atoms with Crippen molar-refractivity contribution in [1.29, 1.82) is 0 Å². The van der Waals surface area contributed by atoms with Crippen molar-refractivity contribution in [1.82, 2.24) is 4.98 Å². The summed E-state index contributed by atoms with van der Waals surface area (Å²) in [5, 5.41) is 12.2. The molecule has 0 aromatic carbocycles. The molecule has 3 nitrogen and oxygen atoms in total. The molecule has 62 valence electrons. The van der Waals surface area contributed by atoms with Gasteiger partial charge in [0.2, 0.25) is 0 Å². The monoisotopic (exact) mass is 181 g/mol. The fourth-order valence-corrected chi connectivity index (χ4v) is 1.59. The Bertz CT molecular complexity index is 294. The van der Waals surface area contributed by atoms with E-state index >= 15 is 0 Å². The molecular weight excluding hydrogens is 174 g/mol. The van der Waals surface area contributed by atoms with Crippen molar-refractivity contribution in [2.45, 2.75) is 6.10 Å². The molecule has 1 unspecified atom stereocenters. The van der Waals surface area contributed by atoms with Crippen molar-refractivity contribution in [2.24, 2.45) is 0 Å². The average molecular weight is 181 g/mol. The summed E-state index contributed by atoms with van der Waals surface area (Å²) in [5.41, 5.74) is 0.741. The van der Waals surface area contributed by atoms with Crippen molar-refractivity contribution in [3.63, 3.8) is 0 Å². The van der Waals surface area contributed by atoms with Gasteiger partial charge >= 0.3 is 0 Å². The first kappa shape index (κ1) is 7.52. The second kappa shape index (κ2) is 3.08. The fraction of sp³-hybridized carbons (Fsp3) is 0.125. The lowest BCUT2D eigenvalue weighted by Gasteiger charge is -2.01. The van der Waals surface area contributed by atoms with Crippen LogP contribution in [0.1, 0.15) is 16.7 Å². The fourth-order valence-electron chi connectivity index (χ4n) is 0.943. The van der Waals surface area contributed by atoms with Crippen LogP contribution in [0.5, 0.6) is 0 Å². The normalized spacial score (nSPS) is 13.1. The maximum atomic E-state index is 9.66. The number of nitrogens with zero attached hydrogens (tertiary/aromatic N) is 1. The lowest BCUT2D eigenvalue weighted by molar-refractivity contribution is 0.218. The van der Waals surface area contributed by atoms with Crippen LogP contribution < -0.4 is 0 Å². The van der Waals surface area contributed by atoms with Gasteiger partial charge in [-0.3, -0.25) is 0 Å². The van der Waals surface area contributed by atoms with Crippen LogP contribution in [-0.4, -0.2) is 10.1 Å². The largest absolute Gasteiger partial charge is 0.472 e. The number of hydrogen-bond acceptors (Lipinski definition) is 4. The van der Waals surface area contributed by atoms with E-state index in [0.717, 1.165) is 5.56 Å². The Kier molecular flexibility index (Phi) is 1.93. The standard InChI is InChI=1S/C8H7NO2S/c10-7(6-1-3-11-5-6)8-9-2-4-12-8/h1-5,7,10H. The smallest absolute Gasteiger partial charge is 0.134 e. The van der Waals surface area contributed by atoms with Gasteiger partial charge in [0.1, 0.15) is 11.1 Å². The molecular formula is C8H7NO2S. The third kappa shape index (κ3) is 1.26. The second-order valence-electron chi connectivity index (χ2n) is 2.33. The summed E-state index contributed by atoms with van der Waals surface area (Å²) in [7, 11) is 0. The van der Waals surface area contributed by atoms with Gasteiger partial charge in [-0.25, -0.2) is 4.98 Å². The van der Waals surface area contributed by atoms with Crippen LogP contribution in [0.15, 0.2) is 34.6 Å². The molecule has 0 aliphatic rings. The van der Waals surface area contributed by atoms with E-state index in [-0.39, 0.29) is 0 Å². The first-order valence-electron chi connectivity index (χ1n) is 3.47. The summed E-state index contributed by atoms with van der Waals surface area (Å²) >= 11 is 1.43. The van der Waals surface area contributed by atoms with Gasteiger partial charge < -0.3 is 9.52 Å². The molecule has 0 spiro atoms. The van der Waals surface area contributed by atoms with Gasteiger partial charge in [0.25, 0.3) is 0 Å². The molecule has 0 aliphatic heterocycles. The average Bonchev–Trinajstić information content (AvgIpc) is 2.77. The van der Waals surface area contributed by atoms with E-state index in [4.69, 9.17) is 4.42 Å². The van der Waals surface area contributed by atoms with E-state index in [9.17, 15) is 5.11 Å². The van der Waals surface area contributed by atoms with E-state index in [2.05, 4.69) is 4.98 Å². The van der Waals surface area contributed by atoms with Gasteiger partial charge in [0.15, 0.2) is 0 Å². The third-order valence-corrected chi connectivity index (χ3v) is 2.37.